The summed E-state index contributed by atoms with van der Waals surface area (Å²) in [5.74, 6) is 0. The molecule has 0 N–H and O–H groups in total. The Morgan fingerprint density at radius 2 is 0.417 bits per heavy atom. The second-order valence-corrected chi connectivity index (χ2v) is 5.33. The molecule has 0 saturated carbocycles. The maximum Gasteiger partial charge on any atom is 2.00 e. The fraction of sp³-hybridized carbons (Fsp3) is 0.333. The van der Waals surface area contributed by atoms with Gasteiger partial charge in [-0.25, -0.2) is 0 Å². The van der Waals surface area contributed by atoms with Crippen molar-refractivity contribution in [3.05, 3.63) is 69.8 Å². The Balaban J connectivity index is -0.0000000540. The maximum absolute atomic E-state index is 2.19. The molecule has 24 heavy (non-hydrogen) atoms. The number of rotatable bonds is 0. The molecule has 0 fully saturated rings. The van der Waals surface area contributed by atoms with Crippen LogP contribution in [-0.4, -0.2) is 0 Å². The molecule has 0 spiro atoms. The average molecular weight is 584 g/mol. The summed E-state index contributed by atoms with van der Waals surface area (Å²) in [6.45, 7) is 12.8. The Hall–Kier alpha value is 0.847. The fourth-order valence-corrected chi connectivity index (χ4v) is 2.40. The smallest absolute Gasteiger partial charge is 1.00 e. The van der Waals surface area contributed by atoms with Gasteiger partial charge in [0.05, 0.1) is 0 Å². The van der Waals surface area contributed by atoms with E-state index >= 15 is 0 Å². The number of aryl methyl sites for hydroxylation is 6. The molecule has 0 radical (unpaired) electrons. The Labute approximate surface area is 198 Å². The molecule has 0 heterocycles. The van der Waals surface area contributed by atoms with Crippen LogP contribution in [0.15, 0.2) is 36.4 Å². The zero-order valence-electron chi connectivity index (χ0n) is 14.7. The van der Waals surface area contributed by atoms with Gasteiger partial charge in [-0.1, -0.05) is 69.8 Å². The van der Waals surface area contributed by atoms with E-state index in [0.717, 1.165) is 0 Å². The summed E-state index contributed by atoms with van der Waals surface area (Å²) in [7, 11) is 0. The summed E-state index contributed by atoms with van der Waals surface area (Å²) >= 11 is 0. The van der Waals surface area contributed by atoms with Gasteiger partial charge in [-0.3, -0.25) is 0 Å². The van der Waals surface area contributed by atoms with Gasteiger partial charge < -0.3 is 49.6 Å². The molecular weight excluding hydrogens is 560 g/mol. The fourth-order valence-electron chi connectivity index (χ4n) is 2.40. The summed E-state index contributed by atoms with van der Waals surface area (Å²) in [6.07, 6.45) is 0. The van der Waals surface area contributed by atoms with Crippen molar-refractivity contribution in [2.75, 3.05) is 0 Å². The SMILES string of the molecule is Cc1cc(C)cc(C)c1.Cc1cc(C)cc(C)c1.[Cl-].[Cl-].[Cl-].[Cl-].[Ru+2].[Ru+2]. The van der Waals surface area contributed by atoms with E-state index in [-0.39, 0.29) is 88.6 Å². The maximum atomic E-state index is 2.19. The van der Waals surface area contributed by atoms with E-state index in [1.165, 1.54) is 33.4 Å². The molecule has 0 bridgehead atoms. The van der Waals surface area contributed by atoms with Crippen LogP contribution in [0.2, 0.25) is 0 Å². The van der Waals surface area contributed by atoms with Crippen molar-refractivity contribution in [1.29, 1.82) is 0 Å². The molecule has 140 valence electrons. The van der Waals surface area contributed by atoms with E-state index in [9.17, 15) is 0 Å². The standard InChI is InChI=1S/2C9H12.4ClH.2Ru/c2*1-7-4-8(2)6-9(3)5-7;;;;;;/h2*4-6H,1-3H3;4*1H;;/q;;;;;;2*+2/p-4. The second-order valence-electron chi connectivity index (χ2n) is 5.33. The molecule has 6 heteroatoms. The first-order valence-corrected chi connectivity index (χ1v) is 6.46. The quantitative estimate of drug-likeness (QED) is 0.271. The Morgan fingerprint density at radius 1 is 0.333 bits per heavy atom. The molecule has 0 aliphatic carbocycles. The molecule has 0 aliphatic rings. The minimum absolute atomic E-state index is 0. The molecule has 2 aromatic carbocycles. The predicted molar refractivity (Wildman–Crippen MR) is 81.3 cm³/mol. The molecule has 0 nitrogen and oxygen atoms in total. The zero-order chi connectivity index (χ0) is 13.7. The van der Waals surface area contributed by atoms with Gasteiger partial charge >= 0.3 is 39.0 Å². The summed E-state index contributed by atoms with van der Waals surface area (Å²) in [6, 6.07) is 13.1. The van der Waals surface area contributed by atoms with Crippen molar-refractivity contribution in [1.82, 2.24) is 0 Å². The van der Waals surface area contributed by atoms with E-state index in [4.69, 9.17) is 0 Å². The number of hydrogen-bond donors (Lipinski definition) is 0. The third-order valence-corrected chi connectivity index (χ3v) is 2.73. The molecule has 0 aliphatic heterocycles. The number of benzene rings is 2. The molecule has 2 aromatic rings. The van der Waals surface area contributed by atoms with Gasteiger partial charge in [0.1, 0.15) is 0 Å². The molecular formula is C18H24Cl4Ru2. The van der Waals surface area contributed by atoms with Crippen LogP contribution in [0.1, 0.15) is 33.4 Å². The van der Waals surface area contributed by atoms with Crippen LogP contribution in [0.3, 0.4) is 0 Å². The van der Waals surface area contributed by atoms with E-state index in [1.807, 2.05) is 0 Å². The van der Waals surface area contributed by atoms with Crippen molar-refractivity contribution >= 4 is 0 Å². The molecule has 0 atom stereocenters. The molecule has 0 saturated heterocycles. The van der Waals surface area contributed by atoms with Gasteiger partial charge in [0.15, 0.2) is 0 Å². The minimum Gasteiger partial charge on any atom is -1.00 e. The van der Waals surface area contributed by atoms with Crippen LogP contribution in [0.4, 0.5) is 0 Å². The molecule has 2 rings (SSSR count). The van der Waals surface area contributed by atoms with Gasteiger partial charge in [-0.15, -0.1) is 0 Å². The van der Waals surface area contributed by atoms with Crippen LogP contribution in [0.25, 0.3) is 0 Å². The van der Waals surface area contributed by atoms with E-state index in [2.05, 4.69) is 77.9 Å². The van der Waals surface area contributed by atoms with Crippen LogP contribution < -0.4 is 49.6 Å². The van der Waals surface area contributed by atoms with Gasteiger partial charge in [0, 0.05) is 0 Å². The van der Waals surface area contributed by atoms with Crippen molar-refractivity contribution in [2.24, 2.45) is 0 Å². The normalized spacial score (nSPS) is 7.25. The van der Waals surface area contributed by atoms with Crippen molar-refractivity contribution in [3.8, 4) is 0 Å². The van der Waals surface area contributed by atoms with Crippen LogP contribution in [0.5, 0.6) is 0 Å². The van der Waals surface area contributed by atoms with Gasteiger partial charge in [0.2, 0.25) is 0 Å². The van der Waals surface area contributed by atoms with Crippen LogP contribution in [-0.2, 0) is 39.0 Å². The van der Waals surface area contributed by atoms with Gasteiger partial charge in [-0.05, 0) is 41.5 Å². The van der Waals surface area contributed by atoms with E-state index in [1.54, 1.807) is 0 Å². The monoisotopic (exact) mass is 584 g/mol. The Kier molecular flexibility index (Phi) is 33.4. The van der Waals surface area contributed by atoms with E-state index < -0.39 is 0 Å². The van der Waals surface area contributed by atoms with Crippen LogP contribution in [0, 0.1) is 41.5 Å². The number of hydrogen-bond acceptors (Lipinski definition) is 0. The summed E-state index contributed by atoms with van der Waals surface area (Å²) in [4.78, 5) is 0. The average Bonchev–Trinajstić information content (AvgIpc) is 2.12. The van der Waals surface area contributed by atoms with Crippen LogP contribution >= 0.6 is 0 Å². The minimum atomic E-state index is 0. The predicted octanol–water partition coefficient (Wildman–Crippen LogP) is -6.77. The first-order chi connectivity index (χ1) is 8.36. The van der Waals surface area contributed by atoms with Crippen molar-refractivity contribution in [3.63, 3.8) is 0 Å². The molecule has 0 amide bonds. The molecule has 0 unspecified atom stereocenters. The van der Waals surface area contributed by atoms with Gasteiger partial charge in [-0.2, -0.15) is 0 Å². The van der Waals surface area contributed by atoms with Crippen molar-refractivity contribution in [2.45, 2.75) is 41.5 Å². The Morgan fingerprint density at radius 3 is 0.500 bits per heavy atom. The van der Waals surface area contributed by atoms with Crippen molar-refractivity contribution < 1.29 is 88.6 Å². The molecule has 0 aromatic heterocycles. The number of halogens is 4. The summed E-state index contributed by atoms with van der Waals surface area (Å²) in [5.41, 5.74) is 8.13. The summed E-state index contributed by atoms with van der Waals surface area (Å²) < 4.78 is 0. The largest absolute Gasteiger partial charge is 2.00 e. The first kappa shape index (κ1) is 39.8. The zero-order valence-corrected chi connectivity index (χ0v) is 21.2. The third kappa shape index (κ3) is 17.7. The van der Waals surface area contributed by atoms with E-state index in [0.29, 0.717) is 0 Å². The first-order valence-electron chi connectivity index (χ1n) is 6.46. The Bertz CT molecular complexity index is 396. The third-order valence-electron chi connectivity index (χ3n) is 2.73. The second kappa shape index (κ2) is 20.2. The topological polar surface area (TPSA) is 0 Å². The van der Waals surface area contributed by atoms with Gasteiger partial charge in [0.25, 0.3) is 0 Å². The summed E-state index contributed by atoms with van der Waals surface area (Å²) in [5, 5.41) is 0.